The van der Waals surface area contributed by atoms with E-state index in [4.69, 9.17) is 0 Å². The summed E-state index contributed by atoms with van der Waals surface area (Å²) in [5.74, 6) is 0.246. The number of aryl methyl sites for hydroxylation is 1. The van der Waals surface area contributed by atoms with Crippen LogP contribution < -0.4 is 5.32 Å². The first-order valence-electron chi connectivity index (χ1n) is 5.77. The van der Waals surface area contributed by atoms with Gasteiger partial charge in [0.15, 0.2) is 0 Å². The highest BCUT2D eigenvalue weighted by Crippen LogP contribution is 2.08. The minimum atomic E-state index is 0. The number of likely N-dealkylation sites (N-methyl/N-ethyl adjacent to an activating group) is 1. The van der Waals surface area contributed by atoms with E-state index in [9.17, 15) is 4.79 Å². The molecule has 0 atom stereocenters. The fraction of sp³-hybridized carbons (Fsp3) is 0.462. The van der Waals surface area contributed by atoms with Crippen molar-refractivity contribution in [3.63, 3.8) is 0 Å². The summed E-state index contributed by atoms with van der Waals surface area (Å²) in [5.41, 5.74) is 1.23. The maximum atomic E-state index is 11.8. The molecule has 1 N–H and O–H groups in total. The van der Waals surface area contributed by atoms with Gasteiger partial charge in [0.05, 0.1) is 6.04 Å². The zero-order valence-electron chi connectivity index (χ0n) is 10.1. The van der Waals surface area contributed by atoms with Gasteiger partial charge in [-0.3, -0.25) is 4.79 Å². The first kappa shape index (κ1) is 14.0. The molecular formula is C13H19ClN2O. The van der Waals surface area contributed by atoms with Crippen molar-refractivity contribution >= 4 is 18.3 Å². The molecule has 17 heavy (non-hydrogen) atoms. The third-order valence-electron chi connectivity index (χ3n) is 3.17. The zero-order valence-corrected chi connectivity index (χ0v) is 10.9. The molecule has 0 bridgehead atoms. The van der Waals surface area contributed by atoms with E-state index in [0.29, 0.717) is 12.5 Å². The highest BCUT2D eigenvalue weighted by Gasteiger charge is 2.24. The molecule has 0 saturated carbocycles. The van der Waals surface area contributed by atoms with Crippen LogP contribution in [-0.4, -0.2) is 37.0 Å². The summed E-state index contributed by atoms with van der Waals surface area (Å²) in [6.45, 7) is 1.88. The molecule has 0 aliphatic carbocycles. The molecule has 2 rings (SSSR count). The molecule has 1 aliphatic heterocycles. The summed E-state index contributed by atoms with van der Waals surface area (Å²) in [7, 11) is 1.90. The lowest BCUT2D eigenvalue weighted by molar-refractivity contribution is -0.132. The van der Waals surface area contributed by atoms with E-state index in [-0.39, 0.29) is 18.3 Å². The van der Waals surface area contributed by atoms with Gasteiger partial charge in [-0.2, -0.15) is 0 Å². The first-order valence-corrected chi connectivity index (χ1v) is 5.77. The van der Waals surface area contributed by atoms with Crippen molar-refractivity contribution in [1.82, 2.24) is 10.2 Å². The van der Waals surface area contributed by atoms with Crippen molar-refractivity contribution in [2.45, 2.75) is 18.9 Å². The predicted molar refractivity (Wildman–Crippen MR) is 71.4 cm³/mol. The minimum absolute atomic E-state index is 0. The van der Waals surface area contributed by atoms with Gasteiger partial charge in [0.2, 0.25) is 5.91 Å². The Kier molecular flexibility index (Phi) is 5.45. The number of rotatable bonds is 4. The summed E-state index contributed by atoms with van der Waals surface area (Å²) in [6, 6.07) is 10.6. The van der Waals surface area contributed by atoms with Gasteiger partial charge in [-0.1, -0.05) is 30.3 Å². The average Bonchev–Trinajstić information content (AvgIpc) is 2.25. The molecule has 94 valence electrons. The third kappa shape index (κ3) is 3.72. The van der Waals surface area contributed by atoms with Gasteiger partial charge in [-0.25, -0.2) is 0 Å². The molecule has 1 fully saturated rings. The second-order valence-electron chi connectivity index (χ2n) is 4.30. The summed E-state index contributed by atoms with van der Waals surface area (Å²) in [6.07, 6.45) is 1.45. The standard InChI is InChI=1S/C13H18N2O.ClH/c1-15(12-9-14-10-12)13(16)8-7-11-5-3-2-4-6-11;/h2-6,12,14H,7-10H2,1H3;1H. The van der Waals surface area contributed by atoms with E-state index in [1.54, 1.807) is 0 Å². The molecule has 1 amide bonds. The number of amides is 1. The second kappa shape index (κ2) is 6.62. The smallest absolute Gasteiger partial charge is 0.222 e. The zero-order chi connectivity index (χ0) is 11.4. The van der Waals surface area contributed by atoms with Crippen LogP contribution in [0.25, 0.3) is 0 Å². The highest BCUT2D eigenvalue weighted by molar-refractivity contribution is 5.85. The van der Waals surface area contributed by atoms with Gasteiger partial charge in [0.1, 0.15) is 0 Å². The maximum absolute atomic E-state index is 11.8. The van der Waals surface area contributed by atoms with Crippen LogP contribution in [-0.2, 0) is 11.2 Å². The fourth-order valence-corrected chi connectivity index (χ4v) is 1.82. The largest absolute Gasteiger partial charge is 0.340 e. The molecule has 1 aliphatic rings. The predicted octanol–water partition coefficient (Wildman–Crippen LogP) is 1.47. The number of carbonyl (C=O) groups is 1. The van der Waals surface area contributed by atoms with Crippen LogP contribution in [0.4, 0.5) is 0 Å². The SMILES string of the molecule is CN(C(=O)CCc1ccccc1)C1CNC1.Cl. The molecule has 0 unspecified atom stereocenters. The molecule has 3 nitrogen and oxygen atoms in total. The van der Waals surface area contributed by atoms with Crippen molar-refractivity contribution in [1.29, 1.82) is 0 Å². The summed E-state index contributed by atoms with van der Waals surface area (Å²) >= 11 is 0. The second-order valence-corrected chi connectivity index (χ2v) is 4.30. The van der Waals surface area contributed by atoms with Crippen LogP contribution in [0.15, 0.2) is 30.3 Å². The molecular weight excluding hydrogens is 236 g/mol. The van der Waals surface area contributed by atoms with E-state index in [1.165, 1.54) is 5.56 Å². The van der Waals surface area contributed by atoms with Crippen LogP contribution in [0.1, 0.15) is 12.0 Å². The number of benzene rings is 1. The Bertz CT molecular complexity index is 352. The van der Waals surface area contributed by atoms with Gasteiger partial charge < -0.3 is 10.2 Å². The van der Waals surface area contributed by atoms with Crippen molar-refractivity contribution in [3.05, 3.63) is 35.9 Å². The number of carbonyl (C=O) groups excluding carboxylic acids is 1. The first-order chi connectivity index (χ1) is 7.77. The Morgan fingerprint density at radius 1 is 1.35 bits per heavy atom. The van der Waals surface area contributed by atoms with E-state index >= 15 is 0 Å². The third-order valence-corrected chi connectivity index (χ3v) is 3.17. The summed E-state index contributed by atoms with van der Waals surface area (Å²) < 4.78 is 0. The number of halogens is 1. The fourth-order valence-electron chi connectivity index (χ4n) is 1.82. The van der Waals surface area contributed by atoms with Crippen LogP contribution in [0.3, 0.4) is 0 Å². The van der Waals surface area contributed by atoms with E-state index in [2.05, 4.69) is 17.4 Å². The van der Waals surface area contributed by atoms with E-state index in [1.807, 2.05) is 30.1 Å². The highest BCUT2D eigenvalue weighted by atomic mass is 35.5. The lowest BCUT2D eigenvalue weighted by Crippen LogP contribution is -2.57. The number of nitrogens with zero attached hydrogens (tertiary/aromatic N) is 1. The van der Waals surface area contributed by atoms with Gasteiger partial charge in [-0.15, -0.1) is 12.4 Å². The monoisotopic (exact) mass is 254 g/mol. The quantitative estimate of drug-likeness (QED) is 0.883. The summed E-state index contributed by atoms with van der Waals surface area (Å²) in [4.78, 5) is 13.7. The van der Waals surface area contributed by atoms with E-state index < -0.39 is 0 Å². The van der Waals surface area contributed by atoms with Crippen molar-refractivity contribution < 1.29 is 4.79 Å². The molecule has 1 aromatic carbocycles. The van der Waals surface area contributed by atoms with Gasteiger partial charge in [0.25, 0.3) is 0 Å². The molecule has 1 saturated heterocycles. The number of hydrogen-bond acceptors (Lipinski definition) is 2. The number of nitrogens with one attached hydrogen (secondary N) is 1. The summed E-state index contributed by atoms with van der Waals surface area (Å²) in [5, 5.41) is 3.18. The Hall–Kier alpha value is -1.06. The number of hydrogen-bond donors (Lipinski definition) is 1. The Morgan fingerprint density at radius 3 is 2.53 bits per heavy atom. The molecule has 1 heterocycles. The molecule has 4 heteroatoms. The van der Waals surface area contributed by atoms with Crippen LogP contribution in [0.5, 0.6) is 0 Å². The van der Waals surface area contributed by atoms with Crippen molar-refractivity contribution in [2.75, 3.05) is 20.1 Å². The Balaban J connectivity index is 0.00000144. The lowest BCUT2D eigenvalue weighted by atomic mass is 10.1. The van der Waals surface area contributed by atoms with Gasteiger partial charge in [0, 0.05) is 26.6 Å². The van der Waals surface area contributed by atoms with Crippen molar-refractivity contribution in [3.8, 4) is 0 Å². The molecule has 0 radical (unpaired) electrons. The maximum Gasteiger partial charge on any atom is 0.222 e. The molecule has 0 aromatic heterocycles. The van der Waals surface area contributed by atoms with Crippen molar-refractivity contribution in [2.24, 2.45) is 0 Å². The lowest BCUT2D eigenvalue weighted by Gasteiger charge is -2.35. The van der Waals surface area contributed by atoms with Crippen LogP contribution in [0.2, 0.25) is 0 Å². The van der Waals surface area contributed by atoms with Gasteiger partial charge in [-0.05, 0) is 12.0 Å². The Labute approximate surface area is 109 Å². The van der Waals surface area contributed by atoms with Crippen LogP contribution >= 0.6 is 12.4 Å². The topological polar surface area (TPSA) is 32.3 Å². The Morgan fingerprint density at radius 2 is 2.00 bits per heavy atom. The molecule has 0 spiro atoms. The van der Waals surface area contributed by atoms with Crippen LogP contribution in [0, 0.1) is 0 Å². The average molecular weight is 255 g/mol. The normalized spacial score (nSPS) is 14.6. The minimum Gasteiger partial charge on any atom is -0.340 e. The molecule has 1 aromatic rings. The van der Waals surface area contributed by atoms with Gasteiger partial charge >= 0.3 is 0 Å². The van der Waals surface area contributed by atoms with E-state index in [0.717, 1.165) is 19.5 Å².